The van der Waals surface area contributed by atoms with E-state index in [2.05, 4.69) is 4.99 Å². The fraction of sp³-hybridized carbons (Fsp3) is 0.182. The Bertz CT molecular complexity index is 332. The number of hydrogen-bond donors (Lipinski definition) is 0. The van der Waals surface area contributed by atoms with E-state index < -0.39 is 0 Å². The maximum atomic E-state index is 9.74. The van der Waals surface area contributed by atoms with Crippen LogP contribution in [0.4, 0.5) is 0 Å². The Hall–Kier alpha value is -1.66. The van der Waals surface area contributed by atoms with E-state index in [1.807, 2.05) is 43.3 Å². The number of hydrogen-bond acceptors (Lipinski definition) is 2. The van der Waals surface area contributed by atoms with Crippen molar-refractivity contribution >= 4 is 12.2 Å². The highest BCUT2D eigenvalue weighted by atomic mass is 16.1. The van der Waals surface area contributed by atoms with E-state index in [9.17, 15) is 4.79 Å². The molecular formula is C11H11NO. The predicted octanol–water partition coefficient (Wildman–Crippen LogP) is 2.34. The van der Waals surface area contributed by atoms with Gasteiger partial charge in [0, 0.05) is 0 Å². The lowest BCUT2D eigenvalue weighted by Crippen LogP contribution is -1.74. The Balaban J connectivity index is 2.58. The molecule has 1 aromatic rings. The summed E-state index contributed by atoms with van der Waals surface area (Å²) in [6.45, 7) is 2.45. The molecule has 2 nitrogen and oxygen atoms in total. The standard InChI is InChI=1S/C11H11NO/c1-10-4-6-11(7-5-10)3-2-8-12-9-13/h2-7H,8H2,1H3/b3-2-. The molecule has 0 aliphatic heterocycles. The molecule has 1 rings (SSSR count). The maximum absolute atomic E-state index is 9.74. The SMILES string of the molecule is Cc1ccc(/C=C\CN=C=O)cc1. The number of aliphatic imine (C=N–C) groups is 1. The van der Waals surface area contributed by atoms with Gasteiger partial charge in [-0.05, 0) is 12.5 Å². The fourth-order valence-corrected chi connectivity index (χ4v) is 0.956. The molecule has 0 atom stereocenters. The van der Waals surface area contributed by atoms with Crippen molar-refractivity contribution in [3.63, 3.8) is 0 Å². The minimum absolute atomic E-state index is 0.400. The lowest BCUT2D eigenvalue weighted by Gasteiger charge is -1.93. The van der Waals surface area contributed by atoms with Crippen LogP contribution in [-0.2, 0) is 4.79 Å². The highest BCUT2D eigenvalue weighted by molar-refractivity contribution is 5.50. The van der Waals surface area contributed by atoms with Gasteiger partial charge in [0.1, 0.15) is 0 Å². The summed E-state index contributed by atoms with van der Waals surface area (Å²) in [7, 11) is 0. The minimum Gasteiger partial charge on any atom is -0.211 e. The molecule has 0 aliphatic carbocycles. The largest absolute Gasteiger partial charge is 0.235 e. The summed E-state index contributed by atoms with van der Waals surface area (Å²) in [6, 6.07) is 8.14. The third kappa shape index (κ3) is 3.50. The van der Waals surface area contributed by atoms with Crippen LogP contribution in [0, 0.1) is 6.92 Å². The van der Waals surface area contributed by atoms with E-state index in [1.54, 1.807) is 0 Å². The van der Waals surface area contributed by atoms with Gasteiger partial charge in [0.2, 0.25) is 6.08 Å². The third-order valence-corrected chi connectivity index (χ3v) is 1.65. The molecule has 0 saturated heterocycles. The number of isocyanates is 1. The highest BCUT2D eigenvalue weighted by Crippen LogP contribution is 2.04. The number of carbonyl (C=O) groups excluding carboxylic acids is 1. The van der Waals surface area contributed by atoms with Crippen LogP contribution in [0.5, 0.6) is 0 Å². The van der Waals surface area contributed by atoms with Crippen LogP contribution in [0.15, 0.2) is 35.3 Å². The van der Waals surface area contributed by atoms with Crippen molar-refractivity contribution in [2.24, 2.45) is 4.99 Å². The van der Waals surface area contributed by atoms with Gasteiger partial charge >= 0.3 is 0 Å². The van der Waals surface area contributed by atoms with Crippen molar-refractivity contribution in [2.75, 3.05) is 6.54 Å². The van der Waals surface area contributed by atoms with Crippen LogP contribution >= 0.6 is 0 Å². The summed E-state index contributed by atoms with van der Waals surface area (Å²) in [5.74, 6) is 0. The van der Waals surface area contributed by atoms with E-state index in [-0.39, 0.29) is 0 Å². The monoisotopic (exact) mass is 173 g/mol. The van der Waals surface area contributed by atoms with Crippen molar-refractivity contribution in [1.29, 1.82) is 0 Å². The molecule has 0 amide bonds. The van der Waals surface area contributed by atoms with Crippen LogP contribution in [0.1, 0.15) is 11.1 Å². The maximum Gasteiger partial charge on any atom is 0.235 e. The normalized spacial score (nSPS) is 9.92. The van der Waals surface area contributed by atoms with Crippen molar-refractivity contribution in [2.45, 2.75) is 6.92 Å². The first-order valence-corrected chi connectivity index (χ1v) is 4.10. The number of nitrogens with zero attached hydrogens (tertiary/aromatic N) is 1. The quantitative estimate of drug-likeness (QED) is 0.509. The highest BCUT2D eigenvalue weighted by Gasteiger charge is 1.84. The average Bonchev–Trinajstić information content (AvgIpc) is 2.15. The lowest BCUT2D eigenvalue weighted by atomic mass is 10.1. The molecule has 0 saturated carbocycles. The molecule has 13 heavy (non-hydrogen) atoms. The van der Waals surface area contributed by atoms with Gasteiger partial charge in [-0.3, -0.25) is 0 Å². The van der Waals surface area contributed by atoms with Crippen LogP contribution in [0.2, 0.25) is 0 Å². The molecule has 0 N–H and O–H groups in total. The first-order valence-electron chi connectivity index (χ1n) is 4.10. The molecule has 66 valence electrons. The van der Waals surface area contributed by atoms with Gasteiger partial charge in [-0.25, -0.2) is 9.79 Å². The average molecular weight is 173 g/mol. The molecule has 0 bridgehead atoms. The van der Waals surface area contributed by atoms with Crippen LogP contribution in [-0.4, -0.2) is 12.6 Å². The minimum atomic E-state index is 0.400. The van der Waals surface area contributed by atoms with Gasteiger partial charge in [0.25, 0.3) is 0 Å². The smallest absolute Gasteiger partial charge is 0.211 e. The van der Waals surface area contributed by atoms with Crippen LogP contribution in [0.25, 0.3) is 6.08 Å². The number of benzene rings is 1. The van der Waals surface area contributed by atoms with Gasteiger partial charge in [-0.2, -0.15) is 0 Å². The molecule has 0 aromatic heterocycles. The first kappa shape index (κ1) is 9.43. The molecule has 1 aromatic carbocycles. The van der Waals surface area contributed by atoms with E-state index in [0.29, 0.717) is 6.54 Å². The van der Waals surface area contributed by atoms with Crippen LogP contribution < -0.4 is 0 Å². The Morgan fingerprint density at radius 2 is 2.08 bits per heavy atom. The Morgan fingerprint density at radius 3 is 2.69 bits per heavy atom. The summed E-state index contributed by atoms with van der Waals surface area (Å²) < 4.78 is 0. The molecule has 0 radical (unpaired) electrons. The predicted molar refractivity (Wildman–Crippen MR) is 53.2 cm³/mol. The topological polar surface area (TPSA) is 29.4 Å². The Labute approximate surface area is 77.6 Å². The summed E-state index contributed by atoms with van der Waals surface area (Å²) in [4.78, 5) is 13.1. The fourth-order valence-electron chi connectivity index (χ4n) is 0.956. The second-order valence-electron chi connectivity index (χ2n) is 2.75. The van der Waals surface area contributed by atoms with Gasteiger partial charge in [-0.1, -0.05) is 42.0 Å². The summed E-state index contributed by atoms with van der Waals surface area (Å²) >= 11 is 0. The summed E-state index contributed by atoms with van der Waals surface area (Å²) in [5.41, 5.74) is 2.36. The van der Waals surface area contributed by atoms with Crippen LogP contribution in [0.3, 0.4) is 0 Å². The van der Waals surface area contributed by atoms with Gasteiger partial charge in [-0.15, -0.1) is 0 Å². The Kier molecular flexibility index (Phi) is 3.68. The summed E-state index contributed by atoms with van der Waals surface area (Å²) in [6.07, 6.45) is 5.25. The van der Waals surface area contributed by atoms with Crippen molar-refractivity contribution in [3.05, 3.63) is 41.5 Å². The van der Waals surface area contributed by atoms with E-state index in [0.717, 1.165) is 5.56 Å². The van der Waals surface area contributed by atoms with Gasteiger partial charge in [0.15, 0.2) is 0 Å². The molecule has 2 heteroatoms. The van der Waals surface area contributed by atoms with Gasteiger partial charge in [0.05, 0.1) is 6.54 Å². The summed E-state index contributed by atoms with van der Waals surface area (Å²) in [5, 5.41) is 0. The first-order chi connectivity index (χ1) is 6.33. The molecule has 0 fully saturated rings. The zero-order chi connectivity index (χ0) is 9.52. The zero-order valence-corrected chi connectivity index (χ0v) is 7.53. The van der Waals surface area contributed by atoms with E-state index >= 15 is 0 Å². The molecule has 0 spiro atoms. The van der Waals surface area contributed by atoms with Crippen molar-refractivity contribution in [1.82, 2.24) is 0 Å². The second kappa shape index (κ2) is 5.07. The second-order valence-corrected chi connectivity index (χ2v) is 2.75. The van der Waals surface area contributed by atoms with E-state index in [4.69, 9.17) is 0 Å². The molecular weight excluding hydrogens is 162 g/mol. The third-order valence-electron chi connectivity index (χ3n) is 1.65. The zero-order valence-electron chi connectivity index (χ0n) is 7.53. The molecule has 0 unspecified atom stereocenters. The Morgan fingerprint density at radius 1 is 1.38 bits per heavy atom. The number of aryl methyl sites for hydroxylation is 1. The van der Waals surface area contributed by atoms with Crippen molar-refractivity contribution < 1.29 is 4.79 Å². The molecule has 0 aliphatic rings. The number of rotatable bonds is 3. The van der Waals surface area contributed by atoms with E-state index in [1.165, 1.54) is 11.6 Å². The lowest BCUT2D eigenvalue weighted by molar-refractivity contribution is 0.564. The molecule has 0 heterocycles. The van der Waals surface area contributed by atoms with Crippen molar-refractivity contribution in [3.8, 4) is 0 Å². The van der Waals surface area contributed by atoms with Gasteiger partial charge < -0.3 is 0 Å².